The van der Waals surface area contributed by atoms with Crippen molar-refractivity contribution in [3.63, 3.8) is 0 Å². The minimum Gasteiger partial charge on any atom is -0.489 e. The number of hydrogen-bond acceptors (Lipinski definition) is 4. The molecule has 3 unspecified atom stereocenters. The number of carboxylic acid groups (broad SMARTS) is 1. The number of aliphatic carboxylic acids is 1. The zero-order valence-electron chi connectivity index (χ0n) is 20.7. The van der Waals surface area contributed by atoms with E-state index in [4.69, 9.17) is 9.47 Å². The van der Waals surface area contributed by atoms with Crippen LogP contribution in [0.3, 0.4) is 0 Å². The minimum atomic E-state index is -0.818. The highest BCUT2D eigenvalue weighted by Gasteiger charge is 2.61. The van der Waals surface area contributed by atoms with Gasteiger partial charge < -0.3 is 14.6 Å². The lowest BCUT2D eigenvalue weighted by molar-refractivity contribution is -0.144. The second-order valence-corrected chi connectivity index (χ2v) is 10.3. The Bertz CT molecular complexity index is 1130. The lowest BCUT2D eigenvalue weighted by Crippen LogP contribution is -2.30. The molecule has 1 N–H and O–H groups in total. The Balaban J connectivity index is 1.39. The zero-order chi connectivity index (χ0) is 24.8. The predicted octanol–water partition coefficient (Wildman–Crippen LogP) is 7.55. The fourth-order valence-electron chi connectivity index (χ4n) is 4.69. The molecule has 184 valence electrons. The number of benzene rings is 3. The highest BCUT2D eigenvalue weighted by Crippen LogP contribution is 2.53. The van der Waals surface area contributed by atoms with Gasteiger partial charge in [0.05, 0.1) is 12.0 Å². The minimum absolute atomic E-state index is 0.109. The molecule has 3 aromatic carbocycles. The lowest BCUT2D eigenvalue weighted by atomic mass is 9.81. The number of unbranched alkanes of at least 4 members (excludes halogenated alkanes) is 1. The van der Waals surface area contributed by atoms with Crippen molar-refractivity contribution < 1.29 is 19.4 Å². The first-order valence-electron chi connectivity index (χ1n) is 12.4. The monoisotopic (exact) mass is 490 g/mol. The summed E-state index contributed by atoms with van der Waals surface area (Å²) in [6.45, 7) is 6.50. The van der Waals surface area contributed by atoms with Crippen LogP contribution in [0.15, 0.2) is 77.7 Å². The standard InChI is InChI=1S/C30H34O4S/c1-4-6-18-35-27-16-10-23(11-17-27)24-9-7-8-22(19-24)20-33-26-14-12-25(13-15-26)30(21(3)34-30)28(5-2)29(31)32/h7-17,19,21,28H,4-6,18,20H2,1-3H3,(H,31,32). The topological polar surface area (TPSA) is 59.1 Å². The van der Waals surface area contributed by atoms with Gasteiger partial charge >= 0.3 is 5.97 Å². The van der Waals surface area contributed by atoms with Gasteiger partial charge in [0.25, 0.3) is 0 Å². The van der Waals surface area contributed by atoms with Crippen LogP contribution in [0.25, 0.3) is 11.1 Å². The summed E-state index contributed by atoms with van der Waals surface area (Å²) in [7, 11) is 0. The summed E-state index contributed by atoms with van der Waals surface area (Å²) in [6.07, 6.45) is 2.88. The van der Waals surface area contributed by atoms with Crippen molar-refractivity contribution >= 4 is 17.7 Å². The molecule has 0 aliphatic carbocycles. The van der Waals surface area contributed by atoms with Crippen molar-refractivity contribution in [3.8, 4) is 16.9 Å². The van der Waals surface area contributed by atoms with Crippen molar-refractivity contribution in [3.05, 3.63) is 83.9 Å². The summed E-state index contributed by atoms with van der Waals surface area (Å²) in [4.78, 5) is 13.1. The van der Waals surface area contributed by atoms with Crippen molar-refractivity contribution in [1.82, 2.24) is 0 Å². The van der Waals surface area contributed by atoms with Crippen molar-refractivity contribution in [2.24, 2.45) is 5.92 Å². The number of carbonyl (C=O) groups is 1. The van der Waals surface area contributed by atoms with E-state index in [-0.39, 0.29) is 6.10 Å². The van der Waals surface area contributed by atoms with Crippen LogP contribution in [-0.2, 0) is 21.7 Å². The first-order chi connectivity index (χ1) is 17.0. The van der Waals surface area contributed by atoms with Gasteiger partial charge in [0.1, 0.15) is 18.0 Å². The van der Waals surface area contributed by atoms with Crippen molar-refractivity contribution in [1.29, 1.82) is 0 Å². The smallest absolute Gasteiger partial charge is 0.309 e. The zero-order valence-corrected chi connectivity index (χ0v) is 21.5. The molecule has 1 heterocycles. The lowest BCUT2D eigenvalue weighted by Gasteiger charge is -2.20. The fourth-order valence-corrected chi connectivity index (χ4v) is 5.68. The summed E-state index contributed by atoms with van der Waals surface area (Å²) >= 11 is 1.91. The van der Waals surface area contributed by atoms with Gasteiger partial charge in [-0.2, -0.15) is 0 Å². The van der Waals surface area contributed by atoms with E-state index in [0.717, 1.165) is 22.6 Å². The van der Waals surface area contributed by atoms with Gasteiger partial charge in [-0.05, 0) is 78.1 Å². The van der Waals surface area contributed by atoms with E-state index < -0.39 is 17.5 Å². The molecule has 1 aliphatic rings. The van der Waals surface area contributed by atoms with Crippen molar-refractivity contribution in [2.45, 2.75) is 63.2 Å². The highest BCUT2D eigenvalue weighted by atomic mass is 32.2. The number of thioether (sulfide) groups is 1. The fraction of sp³-hybridized carbons (Fsp3) is 0.367. The molecule has 1 fully saturated rings. The summed E-state index contributed by atoms with van der Waals surface area (Å²) < 4.78 is 11.9. The molecule has 35 heavy (non-hydrogen) atoms. The molecular formula is C30H34O4S. The van der Waals surface area contributed by atoms with Crippen LogP contribution in [0.4, 0.5) is 0 Å². The van der Waals surface area contributed by atoms with Gasteiger partial charge in [-0.1, -0.05) is 62.7 Å². The molecule has 1 aliphatic heterocycles. The molecule has 0 amide bonds. The SMILES string of the molecule is CCCCSc1ccc(-c2cccc(COc3ccc(C4(C(CC)C(=O)O)OC4C)cc3)c2)cc1. The summed E-state index contributed by atoms with van der Waals surface area (Å²) in [5, 5.41) is 9.65. The third kappa shape index (κ3) is 5.74. The van der Waals surface area contributed by atoms with E-state index in [1.165, 1.54) is 28.9 Å². The van der Waals surface area contributed by atoms with Crippen LogP contribution in [0.1, 0.15) is 51.2 Å². The quantitative estimate of drug-likeness (QED) is 0.161. The molecule has 0 bridgehead atoms. The van der Waals surface area contributed by atoms with Gasteiger partial charge in [0, 0.05) is 4.90 Å². The molecular weight excluding hydrogens is 456 g/mol. The van der Waals surface area contributed by atoms with E-state index in [1.54, 1.807) is 0 Å². The summed E-state index contributed by atoms with van der Waals surface area (Å²) in [5.41, 5.74) is 3.62. The Morgan fingerprint density at radius 1 is 1.06 bits per heavy atom. The summed E-state index contributed by atoms with van der Waals surface area (Å²) in [5.74, 6) is 0.535. The normalized spacial score (nSPS) is 19.8. The maximum atomic E-state index is 11.8. The molecule has 0 radical (unpaired) electrons. The van der Waals surface area contributed by atoms with E-state index >= 15 is 0 Å². The molecule has 3 aromatic rings. The molecule has 0 spiro atoms. The number of rotatable bonds is 12. The second kappa shape index (κ2) is 11.3. The number of hydrogen-bond donors (Lipinski definition) is 1. The van der Waals surface area contributed by atoms with Gasteiger partial charge in [-0.15, -0.1) is 11.8 Å². The molecule has 0 aromatic heterocycles. The van der Waals surface area contributed by atoms with Crippen molar-refractivity contribution in [2.75, 3.05) is 5.75 Å². The number of epoxide rings is 1. The van der Waals surface area contributed by atoms with Crippen LogP contribution in [-0.4, -0.2) is 22.9 Å². The van der Waals surface area contributed by atoms with Crippen LogP contribution < -0.4 is 4.74 Å². The van der Waals surface area contributed by atoms with E-state index in [1.807, 2.05) is 49.9 Å². The highest BCUT2D eigenvalue weighted by molar-refractivity contribution is 7.99. The average Bonchev–Trinajstić information content (AvgIpc) is 3.55. The third-order valence-corrected chi connectivity index (χ3v) is 7.83. The third-order valence-electron chi connectivity index (χ3n) is 6.73. The van der Waals surface area contributed by atoms with Gasteiger partial charge in [0.15, 0.2) is 0 Å². The Hall–Kier alpha value is -2.76. The van der Waals surface area contributed by atoms with Gasteiger partial charge in [0.2, 0.25) is 0 Å². The largest absolute Gasteiger partial charge is 0.489 e. The Morgan fingerprint density at radius 3 is 2.37 bits per heavy atom. The van der Waals surface area contributed by atoms with E-state index in [0.29, 0.717) is 13.0 Å². The number of ether oxygens (including phenoxy) is 2. The first-order valence-corrected chi connectivity index (χ1v) is 13.4. The number of carboxylic acids is 1. The second-order valence-electron chi connectivity index (χ2n) is 9.09. The molecule has 4 rings (SSSR count). The molecule has 0 saturated carbocycles. The Morgan fingerprint density at radius 2 is 1.77 bits per heavy atom. The van der Waals surface area contributed by atoms with Crippen LogP contribution in [0.2, 0.25) is 0 Å². The van der Waals surface area contributed by atoms with E-state index in [2.05, 4.69) is 55.5 Å². The molecule has 1 saturated heterocycles. The van der Waals surface area contributed by atoms with Crippen LogP contribution >= 0.6 is 11.8 Å². The van der Waals surface area contributed by atoms with Crippen LogP contribution in [0.5, 0.6) is 5.75 Å². The Labute approximate surface area is 212 Å². The van der Waals surface area contributed by atoms with Crippen LogP contribution in [0, 0.1) is 5.92 Å². The summed E-state index contributed by atoms with van der Waals surface area (Å²) in [6, 6.07) is 24.9. The molecule has 5 heteroatoms. The first kappa shape index (κ1) is 25.3. The Kier molecular flexibility index (Phi) is 8.19. The van der Waals surface area contributed by atoms with E-state index in [9.17, 15) is 9.90 Å². The molecule has 3 atom stereocenters. The maximum absolute atomic E-state index is 11.8. The van der Waals surface area contributed by atoms with Gasteiger partial charge in [-0.3, -0.25) is 4.79 Å². The average molecular weight is 491 g/mol. The predicted molar refractivity (Wildman–Crippen MR) is 142 cm³/mol. The molecule has 4 nitrogen and oxygen atoms in total. The maximum Gasteiger partial charge on any atom is 0.309 e. The van der Waals surface area contributed by atoms with Gasteiger partial charge in [-0.25, -0.2) is 0 Å².